The Balaban J connectivity index is 1.41. The minimum atomic E-state index is -0.252. The van der Waals surface area contributed by atoms with Crippen LogP contribution in [0.15, 0.2) is 28.9 Å². The molecule has 0 radical (unpaired) electrons. The van der Waals surface area contributed by atoms with Gasteiger partial charge in [0.15, 0.2) is 12.3 Å². The summed E-state index contributed by atoms with van der Waals surface area (Å²) in [5.41, 5.74) is 1.10. The SMILES string of the molecule is Cc1nc2cc(OCc3nc(C(=O)N4CCC(=O)NCC4C)co3)ccc2s1. The van der Waals surface area contributed by atoms with Crippen LogP contribution in [0.1, 0.15) is 34.7 Å². The molecule has 8 nitrogen and oxygen atoms in total. The van der Waals surface area contributed by atoms with E-state index in [4.69, 9.17) is 9.15 Å². The average Bonchev–Trinajstić information content (AvgIpc) is 3.25. The zero-order valence-corrected chi connectivity index (χ0v) is 16.4. The fourth-order valence-electron chi connectivity index (χ4n) is 3.08. The highest BCUT2D eigenvalue weighted by Crippen LogP contribution is 2.26. The van der Waals surface area contributed by atoms with Gasteiger partial charge in [0.2, 0.25) is 11.8 Å². The third-order valence-corrected chi connectivity index (χ3v) is 5.52. The van der Waals surface area contributed by atoms with Gasteiger partial charge >= 0.3 is 0 Å². The normalized spacial score (nSPS) is 17.4. The van der Waals surface area contributed by atoms with Crippen LogP contribution in [0.4, 0.5) is 0 Å². The van der Waals surface area contributed by atoms with Crippen LogP contribution in [0.3, 0.4) is 0 Å². The number of ether oxygens (including phenoxy) is 1. The van der Waals surface area contributed by atoms with E-state index in [1.807, 2.05) is 32.0 Å². The van der Waals surface area contributed by atoms with Crippen LogP contribution in [0, 0.1) is 6.92 Å². The van der Waals surface area contributed by atoms with Crippen molar-refractivity contribution in [1.82, 2.24) is 20.2 Å². The van der Waals surface area contributed by atoms with Crippen molar-refractivity contribution in [1.29, 1.82) is 0 Å². The molecule has 1 N–H and O–H groups in total. The molecule has 2 aromatic heterocycles. The first kappa shape index (κ1) is 18.4. The van der Waals surface area contributed by atoms with Gasteiger partial charge in [-0.05, 0) is 26.0 Å². The van der Waals surface area contributed by atoms with Crippen LogP contribution < -0.4 is 10.1 Å². The Morgan fingerprint density at radius 1 is 1.43 bits per heavy atom. The van der Waals surface area contributed by atoms with Gasteiger partial charge in [0.05, 0.1) is 15.2 Å². The van der Waals surface area contributed by atoms with Crippen molar-refractivity contribution in [2.45, 2.75) is 32.9 Å². The summed E-state index contributed by atoms with van der Waals surface area (Å²) in [4.78, 5) is 34.6. The molecule has 1 saturated heterocycles. The minimum absolute atomic E-state index is 0.0522. The van der Waals surface area contributed by atoms with E-state index in [0.29, 0.717) is 24.7 Å². The topological polar surface area (TPSA) is 97.6 Å². The molecule has 1 aliphatic heterocycles. The highest BCUT2D eigenvalue weighted by Gasteiger charge is 2.27. The molecule has 4 rings (SSSR count). The van der Waals surface area contributed by atoms with Crippen molar-refractivity contribution in [3.63, 3.8) is 0 Å². The summed E-state index contributed by atoms with van der Waals surface area (Å²) in [6, 6.07) is 5.61. The molecule has 0 spiro atoms. The van der Waals surface area contributed by atoms with Gasteiger partial charge in [0.1, 0.15) is 12.0 Å². The minimum Gasteiger partial charge on any atom is -0.484 e. The van der Waals surface area contributed by atoms with E-state index in [2.05, 4.69) is 15.3 Å². The van der Waals surface area contributed by atoms with Gasteiger partial charge in [-0.2, -0.15) is 0 Å². The van der Waals surface area contributed by atoms with Gasteiger partial charge in [-0.3, -0.25) is 9.59 Å². The first-order chi connectivity index (χ1) is 13.5. The number of nitrogens with one attached hydrogen (secondary N) is 1. The van der Waals surface area contributed by atoms with Crippen LogP contribution in [0.25, 0.3) is 10.2 Å². The number of carbonyl (C=O) groups excluding carboxylic acids is 2. The van der Waals surface area contributed by atoms with E-state index in [1.54, 1.807) is 16.2 Å². The Labute approximate surface area is 165 Å². The lowest BCUT2D eigenvalue weighted by molar-refractivity contribution is -0.120. The Kier molecular flexibility index (Phi) is 4.99. The number of benzene rings is 1. The summed E-state index contributed by atoms with van der Waals surface area (Å²) >= 11 is 1.63. The number of fused-ring (bicyclic) bond motifs is 1. The number of thiazole rings is 1. The van der Waals surface area contributed by atoms with E-state index in [-0.39, 0.29) is 36.6 Å². The number of hydrogen-bond donors (Lipinski definition) is 1. The molecule has 3 heterocycles. The Hall–Kier alpha value is -2.94. The number of amides is 2. The Bertz CT molecular complexity index is 1030. The number of oxazole rings is 1. The fourth-order valence-corrected chi connectivity index (χ4v) is 3.89. The van der Waals surface area contributed by atoms with Gasteiger partial charge in [0.25, 0.3) is 5.91 Å². The van der Waals surface area contributed by atoms with Gasteiger partial charge in [-0.15, -0.1) is 11.3 Å². The molecule has 9 heteroatoms. The van der Waals surface area contributed by atoms with E-state index in [0.717, 1.165) is 15.2 Å². The molecule has 1 aromatic carbocycles. The van der Waals surface area contributed by atoms with Gasteiger partial charge in [0, 0.05) is 31.6 Å². The van der Waals surface area contributed by atoms with Crippen LogP contribution in [0.5, 0.6) is 5.75 Å². The summed E-state index contributed by atoms with van der Waals surface area (Å²) in [7, 11) is 0. The summed E-state index contributed by atoms with van der Waals surface area (Å²) in [6.07, 6.45) is 1.61. The molecule has 28 heavy (non-hydrogen) atoms. The Morgan fingerprint density at radius 3 is 3.14 bits per heavy atom. The number of hydrogen-bond acceptors (Lipinski definition) is 7. The van der Waals surface area contributed by atoms with Crippen molar-refractivity contribution in [3.05, 3.63) is 41.1 Å². The molecule has 1 fully saturated rings. The highest BCUT2D eigenvalue weighted by molar-refractivity contribution is 7.18. The van der Waals surface area contributed by atoms with Gasteiger partial charge in [-0.25, -0.2) is 9.97 Å². The van der Waals surface area contributed by atoms with Crippen LogP contribution in [-0.2, 0) is 11.4 Å². The molecule has 146 valence electrons. The quantitative estimate of drug-likeness (QED) is 0.723. The molecule has 1 unspecified atom stereocenters. The predicted molar refractivity (Wildman–Crippen MR) is 103 cm³/mol. The smallest absolute Gasteiger partial charge is 0.276 e. The lowest BCUT2D eigenvalue weighted by Crippen LogP contribution is -2.42. The molecule has 2 amide bonds. The van der Waals surface area contributed by atoms with E-state index in [9.17, 15) is 9.59 Å². The fraction of sp³-hybridized carbons (Fsp3) is 0.368. The van der Waals surface area contributed by atoms with E-state index in [1.165, 1.54) is 6.26 Å². The lowest BCUT2D eigenvalue weighted by atomic mass is 10.2. The number of aryl methyl sites for hydroxylation is 1. The highest BCUT2D eigenvalue weighted by atomic mass is 32.1. The second kappa shape index (κ2) is 7.59. The van der Waals surface area contributed by atoms with E-state index >= 15 is 0 Å². The largest absolute Gasteiger partial charge is 0.484 e. The third-order valence-electron chi connectivity index (χ3n) is 4.57. The summed E-state index contributed by atoms with van der Waals surface area (Å²) < 4.78 is 12.2. The van der Waals surface area contributed by atoms with Crippen LogP contribution >= 0.6 is 11.3 Å². The molecular formula is C19H20N4O4S. The summed E-state index contributed by atoms with van der Waals surface area (Å²) in [6.45, 7) is 4.75. The third kappa shape index (κ3) is 3.84. The maximum atomic E-state index is 12.7. The van der Waals surface area contributed by atoms with Crippen molar-refractivity contribution in [2.24, 2.45) is 0 Å². The zero-order chi connectivity index (χ0) is 19.7. The molecule has 0 saturated carbocycles. The molecule has 3 aromatic rings. The monoisotopic (exact) mass is 400 g/mol. The van der Waals surface area contributed by atoms with Crippen molar-refractivity contribution < 1.29 is 18.7 Å². The standard InChI is InChI=1S/C19H20N4O4S/c1-11-8-20-17(24)5-6-23(11)19(25)15-9-27-18(22-15)10-26-13-3-4-16-14(7-13)21-12(2)28-16/h3-4,7,9,11H,5-6,8,10H2,1-2H3,(H,20,24). The first-order valence-corrected chi connectivity index (χ1v) is 9.83. The molecule has 0 aliphatic carbocycles. The van der Waals surface area contributed by atoms with Crippen LogP contribution in [0.2, 0.25) is 0 Å². The number of aromatic nitrogens is 2. The van der Waals surface area contributed by atoms with Gasteiger partial charge < -0.3 is 19.4 Å². The van der Waals surface area contributed by atoms with Crippen molar-refractivity contribution in [2.75, 3.05) is 13.1 Å². The molecular weight excluding hydrogens is 380 g/mol. The summed E-state index contributed by atoms with van der Waals surface area (Å²) in [5, 5.41) is 3.79. The summed E-state index contributed by atoms with van der Waals surface area (Å²) in [5.74, 6) is 0.672. The lowest BCUT2D eigenvalue weighted by Gasteiger charge is -2.25. The van der Waals surface area contributed by atoms with Gasteiger partial charge in [-0.1, -0.05) is 0 Å². The second-order valence-electron chi connectivity index (χ2n) is 6.68. The maximum Gasteiger partial charge on any atom is 0.276 e. The van der Waals surface area contributed by atoms with Crippen LogP contribution in [-0.4, -0.2) is 45.8 Å². The number of rotatable bonds is 4. The van der Waals surface area contributed by atoms with E-state index < -0.39 is 0 Å². The number of carbonyl (C=O) groups is 2. The predicted octanol–water partition coefficient (Wildman–Crippen LogP) is 2.52. The first-order valence-electron chi connectivity index (χ1n) is 9.01. The molecule has 0 bridgehead atoms. The maximum absolute atomic E-state index is 12.7. The molecule has 1 atom stereocenters. The molecule has 1 aliphatic rings. The average molecular weight is 400 g/mol. The Morgan fingerprint density at radius 2 is 2.29 bits per heavy atom. The van der Waals surface area contributed by atoms with Crippen molar-refractivity contribution in [3.8, 4) is 5.75 Å². The zero-order valence-electron chi connectivity index (χ0n) is 15.6. The number of nitrogens with zero attached hydrogens (tertiary/aromatic N) is 3. The van der Waals surface area contributed by atoms with Crippen molar-refractivity contribution >= 4 is 33.4 Å². The second-order valence-corrected chi connectivity index (χ2v) is 7.91.